The standard InChI is InChI=1S/C57H37N3S/c1-7-19-38(20-8-1)44-33-45(39-21-9-2-10-22-39)35-47(34-44)48-31-32-49(57-59-55(42-27-15-5-16-28-42)58-56(60-57)43-29-17-6-18-30-43)52-51-37-46(40-23-11-3-12-24-40)36-50(53(51)61-54(48)52)41-25-13-4-14-26-41/h1-37H. The minimum atomic E-state index is 0.637. The largest absolute Gasteiger partial charge is 0.208 e. The van der Waals surface area contributed by atoms with E-state index >= 15 is 0 Å². The highest BCUT2D eigenvalue weighted by molar-refractivity contribution is 7.27. The summed E-state index contributed by atoms with van der Waals surface area (Å²) in [6, 6.07) is 79.5. The molecule has 286 valence electrons. The fourth-order valence-corrected chi connectivity index (χ4v) is 9.71. The Kier molecular flexibility index (Phi) is 9.38. The zero-order valence-corrected chi connectivity index (χ0v) is 33.9. The predicted molar refractivity (Wildman–Crippen MR) is 256 cm³/mol. The second-order valence-electron chi connectivity index (χ2n) is 15.2. The van der Waals surface area contributed by atoms with Gasteiger partial charge in [0.05, 0.1) is 0 Å². The van der Waals surface area contributed by atoms with Crippen molar-refractivity contribution in [3.63, 3.8) is 0 Å². The molecule has 11 aromatic rings. The van der Waals surface area contributed by atoms with Crippen LogP contribution in [-0.4, -0.2) is 15.0 Å². The lowest BCUT2D eigenvalue weighted by Gasteiger charge is -2.14. The van der Waals surface area contributed by atoms with Crippen LogP contribution in [0.1, 0.15) is 0 Å². The van der Waals surface area contributed by atoms with Gasteiger partial charge in [-0.3, -0.25) is 0 Å². The molecule has 0 radical (unpaired) electrons. The molecule has 0 fully saturated rings. The summed E-state index contributed by atoms with van der Waals surface area (Å²) in [5.41, 5.74) is 14.6. The third kappa shape index (κ3) is 6.99. The quantitative estimate of drug-likeness (QED) is 0.154. The molecule has 0 amide bonds. The maximum atomic E-state index is 5.29. The van der Waals surface area contributed by atoms with Crippen molar-refractivity contribution in [3.8, 4) is 89.8 Å². The van der Waals surface area contributed by atoms with Crippen LogP contribution >= 0.6 is 11.3 Å². The van der Waals surface area contributed by atoms with Crippen molar-refractivity contribution in [2.75, 3.05) is 0 Å². The molecule has 0 saturated carbocycles. The molecule has 0 aliphatic heterocycles. The molecule has 4 heteroatoms. The molecule has 0 aliphatic carbocycles. The number of hydrogen-bond acceptors (Lipinski definition) is 4. The summed E-state index contributed by atoms with van der Waals surface area (Å²) in [6.45, 7) is 0. The Hall–Kier alpha value is -7.79. The molecular formula is C57H37N3S. The average molecular weight is 796 g/mol. The lowest BCUT2D eigenvalue weighted by atomic mass is 9.91. The summed E-state index contributed by atoms with van der Waals surface area (Å²) in [7, 11) is 0. The zero-order chi connectivity index (χ0) is 40.5. The summed E-state index contributed by atoms with van der Waals surface area (Å²) in [5.74, 6) is 1.91. The van der Waals surface area contributed by atoms with E-state index in [0.717, 1.165) is 38.8 Å². The molecule has 0 bridgehead atoms. The van der Waals surface area contributed by atoms with Gasteiger partial charge in [0.2, 0.25) is 0 Å². The van der Waals surface area contributed by atoms with Crippen LogP contribution in [0.25, 0.3) is 110 Å². The maximum Gasteiger partial charge on any atom is 0.164 e. The van der Waals surface area contributed by atoms with E-state index in [9.17, 15) is 0 Å². The van der Waals surface area contributed by atoms with E-state index in [-0.39, 0.29) is 0 Å². The summed E-state index contributed by atoms with van der Waals surface area (Å²) in [4.78, 5) is 15.6. The minimum Gasteiger partial charge on any atom is -0.208 e. The highest BCUT2D eigenvalue weighted by Gasteiger charge is 2.23. The summed E-state index contributed by atoms with van der Waals surface area (Å²) < 4.78 is 2.40. The van der Waals surface area contributed by atoms with Crippen LogP contribution < -0.4 is 0 Å². The third-order valence-corrected chi connectivity index (χ3v) is 12.6. The van der Waals surface area contributed by atoms with Gasteiger partial charge >= 0.3 is 0 Å². The SMILES string of the molecule is c1ccc(-c2cc(-c3ccccc3)cc(-c3ccc(-c4nc(-c5ccccc5)nc(-c5ccccc5)n4)c4c3sc3c(-c5ccccc5)cc(-c5ccccc5)cc34)c2)cc1. The Morgan fingerprint density at radius 1 is 0.246 bits per heavy atom. The van der Waals surface area contributed by atoms with E-state index < -0.39 is 0 Å². The van der Waals surface area contributed by atoms with Gasteiger partial charge in [-0.2, -0.15) is 0 Å². The molecule has 11 rings (SSSR count). The lowest BCUT2D eigenvalue weighted by Crippen LogP contribution is -2.00. The number of nitrogens with zero attached hydrogens (tertiary/aromatic N) is 3. The van der Waals surface area contributed by atoms with Crippen molar-refractivity contribution in [3.05, 3.63) is 224 Å². The summed E-state index contributed by atoms with van der Waals surface area (Å²) in [6.07, 6.45) is 0. The van der Waals surface area contributed by atoms with E-state index in [2.05, 4.69) is 188 Å². The Balaban J connectivity index is 1.25. The second-order valence-corrected chi connectivity index (χ2v) is 16.2. The van der Waals surface area contributed by atoms with Crippen LogP contribution in [-0.2, 0) is 0 Å². The first-order chi connectivity index (χ1) is 30.2. The smallest absolute Gasteiger partial charge is 0.164 e. The van der Waals surface area contributed by atoms with E-state index in [1.165, 1.54) is 53.7 Å². The van der Waals surface area contributed by atoms with Crippen molar-refractivity contribution in [1.29, 1.82) is 0 Å². The van der Waals surface area contributed by atoms with Crippen LogP contribution in [0.15, 0.2) is 224 Å². The fourth-order valence-electron chi connectivity index (χ4n) is 8.33. The molecule has 0 atom stereocenters. The number of aromatic nitrogens is 3. The molecule has 3 nitrogen and oxygen atoms in total. The first-order valence-electron chi connectivity index (χ1n) is 20.5. The van der Waals surface area contributed by atoms with Gasteiger partial charge in [-0.05, 0) is 86.5 Å². The molecular weight excluding hydrogens is 759 g/mol. The molecule has 61 heavy (non-hydrogen) atoms. The van der Waals surface area contributed by atoms with Gasteiger partial charge in [-0.1, -0.05) is 188 Å². The Bertz CT molecular complexity index is 3200. The average Bonchev–Trinajstić information content (AvgIpc) is 3.74. The predicted octanol–water partition coefficient (Wildman–Crippen LogP) is 15.6. The molecule has 2 heterocycles. The van der Waals surface area contributed by atoms with Crippen LogP contribution in [0.4, 0.5) is 0 Å². The normalized spacial score (nSPS) is 11.3. The van der Waals surface area contributed by atoms with Gasteiger partial charge in [0.1, 0.15) is 0 Å². The highest BCUT2D eigenvalue weighted by Crippen LogP contribution is 2.49. The first-order valence-corrected chi connectivity index (χ1v) is 21.3. The Labute approximate surface area is 359 Å². The van der Waals surface area contributed by atoms with Crippen molar-refractivity contribution in [1.82, 2.24) is 15.0 Å². The van der Waals surface area contributed by atoms with Gasteiger partial charge in [-0.15, -0.1) is 11.3 Å². The van der Waals surface area contributed by atoms with Crippen molar-refractivity contribution < 1.29 is 0 Å². The van der Waals surface area contributed by atoms with Crippen LogP contribution in [0.2, 0.25) is 0 Å². The summed E-state index contributed by atoms with van der Waals surface area (Å²) in [5, 5.41) is 2.30. The molecule has 0 saturated heterocycles. The Morgan fingerprint density at radius 3 is 1.10 bits per heavy atom. The third-order valence-electron chi connectivity index (χ3n) is 11.3. The van der Waals surface area contributed by atoms with Crippen LogP contribution in [0.3, 0.4) is 0 Å². The summed E-state index contributed by atoms with van der Waals surface area (Å²) >= 11 is 1.85. The van der Waals surface area contributed by atoms with Gasteiger partial charge in [0.25, 0.3) is 0 Å². The monoisotopic (exact) mass is 795 g/mol. The minimum absolute atomic E-state index is 0.637. The van der Waals surface area contributed by atoms with Gasteiger partial charge in [-0.25, -0.2) is 15.0 Å². The zero-order valence-electron chi connectivity index (χ0n) is 33.1. The number of benzene rings is 9. The van der Waals surface area contributed by atoms with Gasteiger partial charge < -0.3 is 0 Å². The van der Waals surface area contributed by atoms with Crippen molar-refractivity contribution >= 4 is 31.5 Å². The number of fused-ring (bicyclic) bond motifs is 3. The molecule has 0 spiro atoms. The molecule has 9 aromatic carbocycles. The maximum absolute atomic E-state index is 5.29. The van der Waals surface area contributed by atoms with Crippen molar-refractivity contribution in [2.24, 2.45) is 0 Å². The number of hydrogen-bond donors (Lipinski definition) is 0. The Morgan fingerprint density at radius 2 is 0.623 bits per heavy atom. The fraction of sp³-hybridized carbons (Fsp3) is 0. The highest BCUT2D eigenvalue weighted by atomic mass is 32.1. The van der Waals surface area contributed by atoms with Crippen molar-refractivity contribution in [2.45, 2.75) is 0 Å². The molecule has 0 unspecified atom stereocenters. The van der Waals surface area contributed by atoms with E-state index in [1.54, 1.807) is 0 Å². The molecule has 2 aromatic heterocycles. The van der Waals surface area contributed by atoms with Crippen LogP contribution in [0, 0.1) is 0 Å². The topological polar surface area (TPSA) is 38.7 Å². The number of rotatable bonds is 8. The second kappa shape index (κ2) is 15.8. The van der Waals surface area contributed by atoms with E-state index in [0.29, 0.717) is 17.5 Å². The van der Waals surface area contributed by atoms with Crippen LogP contribution in [0.5, 0.6) is 0 Å². The van der Waals surface area contributed by atoms with E-state index in [4.69, 9.17) is 15.0 Å². The molecule has 0 aliphatic rings. The lowest BCUT2D eigenvalue weighted by molar-refractivity contribution is 1.08. The van der Waals surface area contributed by atoms with Gasteiger partial charge in [0, 0.05) is 42.4 Å². The van der Waals surface area contributed by atoms with Gasteiger partial charge in [0.15, 0.2) is 17.5 Å². The first kappa shape index (κ1) is 36.3. The number of thiophene rings is 1. The van der Waals surface area contributed by atoms with E-state index in [1.807, 2.05) is 47.7 Å². The molecule has 0 N–H and O–H groups in total.